The van der Waals surface area contributed by atoms with Crippen molar-refractivity contribution in [1.82, 2.24) is 14.8 Å². The summed E-state index contributed by atoms with van der Waals surface area (Å²) in [5.74, 6) is -1.27. The number of hydrogen-bond acceptors (Lipinski definition) is 5. The maximum absolute atomic E-state index is 15.0. The molecule has 0 unspecified atom stereocenters. The van der Waals surface area contributed by atoms with Crippen LogP contribution >= 0.6 is 0 Å². The molecule has 0 saturated heterocycles. The van der Waals surface area contributed by atoms with Gasteiger partial charge in [-0.15, -0.1) is 0 Å². The van der Waals surface area contributed by atoms with Crippen LogP contribution in [0.15, 0.2) is 53.5 Å². The minimum absolute atomic E-state index is 0.127. The van der Waals surface area contributed by atoms with Crippen LogP contribution in [0.25, 0.3) is 21.9 Å². The highest BCUT2D eigenvalue weighted by molar-refractivity contribution is 7.92. The maximum atomic E-state index is 15.0. The summed E-state index contributed by atoms with van der Waals surface area (Å²) in [6, 6.07) is 12.9. The van der Waals surface area contributed by atoms with E-state index in [-0.39, 0.29) is 23.7 Å². The Hall–Kier alpha value is -3.04. The minimum Gasteiger partial charge on any atom is -0.358 e. The Kier molecular flexibility index (Phi) is 7.28. The number of benzene rings is 2. The van der Waals surface area contributed by atoms with E-state index in [1.54, 1.807) is 18.2 Å². The molecule has 7 nitrogen and oxygen atoms in total. The number of carbonyl (C=O) groups is 1. The molecule has 0 fully saturated rings. The van der Waals surface area contributed by atoms with E-state index in [2.05, 4.69) is 10.2 Å². The van der Waals surface area contributed by atoms with E-state index in [9.17, 15) is 18.0 Å². The molecule has 2 aromatic carbocycles. The second kappa shape index (κ2) is 9.68. The highest BCUT2D eigenvalue weighted by Gasteiger charge is 2.42. The van der Waals surface area contributed by atoms with E-state index in [1.165, 1.54) is 14.0 Å². The third-order valence-corrected chi connectivity index (χ3v) is 8.21. The molecule has 0 saturated carbocycles. The molecule has 0 aliphatic carbocycles. The number of pyridine rings is 1. The summed E-state index contributed by atoms with van der Waals surface area (Å²) in [5, 5.41) is 2.73. The van der Waals surface area contributed by atoms with E-state index in [4.69, 9.17) is 0 Å². The third-order valence-electron chi connectivity index (χ3n) is 6.18. The molecule has 1 amide bonds. The molecule has 1 N–H and O–H groups in total. The first-order valence-corrected chi connectivity index (χ1v) is 12.7. The third kappa shape index (κ3) is 5.05. The van der Waals surface area contributed by atoms with Crippen LogP contribution in [0.2, 0.25) is 0 Å². The lowest BCUT2D eigenvalue weighted by atomic mass is 10.0. The molecule has 9 heteroatoms. The topological polar surface area (TPSA) is 88.5 Å². The van der Waals surface area contributed by atoms with Gasteiger partial charge in [0.15, 0.2) is 9.84 Å². The molecular formula is C25H30FN3O4S. The second-order valence-electron chi connectivity index (χ2n) is 9.00. The van der Waals surface area contributed by atoms with Crippen molar-refractivity contribution in [3.8, 4) is 11.1 Å². The summed E-state index contributed by atoms with van der Waals surface area (Å²) in [4.78, 5) is 27.3. The Morgan fingerprint density at radius 2 is 1.71 bits per heavy atom. The summed E-state index contributed by atoms with van der Waals surface area (Å²) in [6.07, 6.45) is 1.87. The first-order valence-electron chi connectivity index (χ1n) is 10.9. The van der Waals surface area contributed by atoms with Gasteiger partial charge >= 0.3 is 0 Å². The van der Waals surface area contributed by atoms with Gasteiger partial charge in [-0.3, -0.25) is 9.59 Å². The molecule has 0 spiro atoms. The van der Waals surface area contributed by atoms with E-state index in [0.717, 1.165) is 40.3 Å². The Balaban J connectivity index is 1.95. The van der Waals surface area contributed by atoms with Gasteiger partial charge in [0.05, 0.1) is 5.39 Å². The molecule has 182 valence electrons. The first kappa shape index (κ1) is 25.6. The van der Waals surface area contributed by atoms with Crippen LogP contribution < -0.4 is 10.9 Å². The zero-order valence-electron chi connectivity index (χ0n) is 20.1. The van der Waals surface area contributed by atoms with Gasteiger partial charge in [-0.1, -0.05) is 30.3 Å². The van der Waals surface area contributed by atoms with Crippen LogP contribution in [0, 0.1) is 5.82 Å². The van der Waals surface area contributed by atoms with Crippen LogP contribution in [-0.4, -0.2) is 55.9 Å². The Morgan fingerprint density at radius 3 is 2.26 bits per heavy atom. The van der Waals surface area contributed by atoms with Crippen molar-refractivity contribution >= 4 is 26.5 Å². The molecule has 1 aromatic heterocycles. The fraction of sp³-hybridized carbons (Fsp3) is 0.360. The fourth-order valence-corrected chi connectivity index (χ4v) is 4.83. The van der Waals surface area contributed by atoms with E-state index in [0.29, 0.717) is 0 Å². The number of fused-ring (bicyclic) bond motifs is 1. The minimum atomic E-state index is -3.78. The number of halogens is 1. The molecular weight excluding hydrogens is 457 g/mol. The SMILES string of the molecule is CNC(=O)[C@](C)(CCn1cc(F)c2cc(-c3ccc(CN(C)C)cc3)ccc2c1=O)S(C)(=O)=O. The monoisotopic (exact) mass is 487 g/mol. The van der Waals surface area contributed by atoms with Gasteiger partial charge in [0.25, 0.3) is 5.56 Å². The van der Waals surface area contributed by atoms with Crippen LogP contribution in [0.4, 0.5) is 4.39 Å². The summed E-state index contributed by atoms with van der Waals surface area (Å²) in [6.45, 7) is 1.99. The van der Waals surface area contributed by atoms with Gasteiger partial charge in [-0.2, -0.15) is 0 Å². The lowest BCUT2D eigenvalue weighted by molar-refractivity contribution is -0.123. The van der Waals surface area contributed by atoms with Crippen LogP contribution in [0.5, 0.6) is 0 Å². The van der Waals surface area contributed by atoms with Crippen molar-refractivity contribution in [3.63, 3.8) is 0 Å². The van der Waals surface area contributed by atoms with Crippen molar-refractivity contribution in [3.05, 3.63) is 70.4 Å². The Labute approximate surface area is 199 Å². The quantitative estimate of drug-likeness (QED) is 0.528. The zero-order chi connectivity index (χ0) is 25.3. The molecule has 0 aliphatic heterocycles. The summed E-state index contributed by atoms with van der Waals surface area (Å²) in [7, 11) is 1.55. The van der Waals surface area contributed by atoms with E-state index < -0.39 is 31.9 Å². The first-order chi connectivity index (χ1) is 15.9. The van der Waals surface area contributed by atoms with Crippen LogP contribution in [0.3, 0.4) is 0 Å². The number of carbonyl (C=O) groups excluding carboxylic acids is 1. The lowest BCUT2D eigenvalue weighted by Gasteiger charge is -2.26. The van der Waals surface area contributed by atoms with Gasteiger partial charge in [0.1, 0.15) is 10.6 Å². The van der Waals surface area contributed by atoms with Crippen molar-refractivity contribution in [2.24, 2.45) is 0 Å². The fourth-order valence-electron chi connectivity index (χ4n) is 3.93. The largest absolute Gasteiger partial charge is 0.358 e. The predicted octanol–water partition coefficient (Wildman–Crippen LogP) is 2.81. The highest BCUT2D eigenvalue weighted by Crippen LogP contribution is 2.26. The van der Waals surface area contributed by atoms with Gasteiger partial charge in [0.2, 0.25) is 5.91 Å². The second-order valence-corrected chi connectivity index (χ2v) is 11.4. The Bertz CT molecular complexity index is 1380. The number of rotatable bonds is 8. The number of nitrogens with one attached hydrogen (secondary N) is 1. The summed E-state index contributed by atoms with van der Waals surface area (Å²) in [5.41, 5.74) is 2.39. The molecule has 34 heavy (non-hydrogen) atoms. The number of aromatic nitrogens is 1. The number of aryl methyl sites for hydroxylation is 1. The smallest absolute Gasteiger partial charge is 0.258 e. The standard InChI is InChI=1S/C25H30FN3O4S/c1-25(24(31)27-2,34(5,32)33)12-13-29-16-22(26)21-14-19(10-11-20(21)23(29)30)18-8-6-17(7-9-18)15-28(3)4/h6-11,14,16H,12-13,15H2,1-5H3,(H,27,31)/t25-/m0/s1. The molecule has 1 heterocycles. The molecule has 0 aliphatic rings. The number of hydrogen-bond donors (Lipinski definition) is 1. The van der Waals surface area contributed by atoms with Crippen molar-refractivity contribution in [2.45, 2.75) is 31.2 Å². The number of nitrogens with zero attached hydrogens (tertiary/aromatic N) is 2. The average molecular weight is 488 g/mol. The van der Waals surface area contributed by atoms with Crippen molar-refractivity contribution < 1.29 is 17.6 Å². The van der Waals surface area contributed by atoms with Gasteiger partial charge in [-0.25, -0.2) is 12.8 Å². The normalized spacial score (nSPS) is 13.7. The number of amides is 1. The molecule has 1 atom stereocenters. The predicted molar refractivity (Wildman–Crippen MR) is 133 cm³/mol. The van der Waals surface area contributed by atoms with Crippen LogP contribution in [0.1, 0.15) is 18.9 Å². The van der Waals surface area contributed by atoms with Gasteiger partial charge < -0.3 is 14.8 Å². The lowest BCUT2D eigenvalue weighted by Crippen LogP contribution is -2.49. The zero-order valence-corrected chi connectivity index (χ0v) is 20.9. The van der Waals surface area contributed by atoms with Gasteiger partial charge in [0, 0.05) is 38.0 Å². The highest BCUT2D eigenvalue weighted by atomic mass is 32.2. The van der Waals surface area contributed by atoms with Crippen molar-refractivity contribution in [2.75, 3.05) is 27.4 Å². The van der Waals surface area contributed by atoms with Crippen molar-refractivity contribution in [1.29, 1.82) is 0 Å². The average Bonchev–Trinajstić information content (AvgIpc) is 2.78. The summed E-state index contributed by atoms with van der Waals surface area (Å²) >= 11 is 0. The molecule has 3 aromatic rings. The molecule has 3 rings (SSSR count). The maximum Gasteiger partial charge on any atom is 0.258 e. The van der Waals surface area contributed by atoms with E-state index >= 15 is 4.39 Å². The number of sulfone groups is 1. The Morgan fingerprint density at radius 1 is 1.09 bits per heavy atom. The van der Waals surface area contributed by atoms with Gasteiger partial charge in [-0.05, 0) is 56.3 Å². The molecule has 0 radical (unpaired) electrons. The summed E-state index contributed by atoms with van der Waals surface area (Å²) < 4.78 is 38.9. The molecule has 0 bridgehead atoms. The van der Waals surface area contributed by atoms with Crippen LogP contribution in [-0.2, 0) is 27.7 Å². The van der Waals surface area contributed by atoms with E-state index in [1.807, 2.05) is 38.4 Å².